The number of hydrogen-bond donors (Lipinski definition) is 2. The maximum absolute atomic E-state index is 11.9. The van der Waals surface area contributed by atoms with Crippen LogP contribution in [-0.2, 0) is 5.88 Å². The van der Waals surface area contributed by atoms with Gasteiger partial charge in [-0.3, -0.25) is 5.84 Å². The van der Waals surface area contributed by atoms with E-state index in [1.807, 2.05) is 0 Å². The lowest BCUT2D eigenvalue weighted by molar-refractivity contribution is -0.0493. The van der Waals surface area contributed by atoms with Crippen LogP contribution in [0.2, 0.25) is 0 Å². The minimum absolute atomic E-state index is 0.0133. The Balaban J connectivity index is 2.96. The molecule has 3 N–H and O–H groups in total. The predicted octanol–water partition coefficient (Wildman–Crippen LogP) is 2.31. The molecular weight excluding hydrogens is 214 g/mol. The number of benzene rings is 1. The van der Waals surface area contributed by atoms with Gasteiger partial charge in [-0.1, -0.05) is 6.07 Å². The zero-order chi connectivity index (χ0) is 10.6. The van der Waals surface area contributed by atoms with E-state index >= 15 is 0 Å². The molecule has 1 aromatic rings. The molecule has 3 nitrogen and oxygen atoms in total. The predicted molar refractivity (Wildman–Crippen MR) is 50.4 cm³/mol. The normalized spacial score (nSPS) is 10.4. The molecule has 0 radical (unpaired) electrons. The third kappa shape index (κ3) is 2.71. The standard InChI is InChI=1S/C8H9ClF2N2O/c9-4-5-1-2-6(13-12)7(3-5)14-8(10)11/h1-3,8,13H,4,12H2. The lowest BCUT2D eigenvalue weighted by Crippen LogP contribution is -2.11. The van der Waals surface area contributed by atoms with Crippen LogP contribution in [0.15, 0.2) is 18.2 Å². The SMILES string of the molecule is NNc1ccc(CCl)cc1OC(F)F. The largest absolute Gasteiger partial charge is 0.433 e. The maximum Gasteiger partial charge on any atom is 0.387 e. The molecule has 0 saturated heterocycles. The number of alkyl halides is 3. The number of ether oxygens (including phenoxy) is 1. The van der Waals surface area contributed by atoms with E-state index in [0.29, 0.717) is 11.3 Å². The van der Waals surface area contributed by atoms with Gasteiger partial charge >= 0.3 is 6.61 Å². The second-order valence-corrected chi connectivity index (χ2v) is 2.75. The van der Waals surface area contributed by atoms with E-state index in [0.717, 1.165) is 0 Å². The van der Waals surface area contributed by atoms with Crippen molar-refractivity contribution in [2.75, 3.05) is 5.43 Å². The average molecular weight is 223 g/mol. The zero-order valence-corrected chi connectivity index (χ0v) is 7.89. The molecule has 0 atom stereocenters. The molecule has 78 valence electrons. The number of hydrogen-bond acceptors (Lipinski definition) is 3. The third-order valence-electron chi connectivity index (χ3n) is 1.57. The molecule has 0 aliphatic heterocycles. The molecule has 6 heteroatoms. The van der Waals surface area contributed by atoms with Crippen LogP contribution in [0.5, 0.6) is 5.75 Å². The van der Waals surface area contributed by atoms with E-state index in [4.69, 9.17) is 17.4 Å². The Morgan fingerprint density at radius 1 is 1.50 bits per heavy atom. The minimum Gasteiger partial charge on any atom is -0.433 e. The van der Waals surface area contributed by atoms with Crippen LogP contribution in [0.1, 0.15) is 5.56 Å². The molecule has 0 heterocycles. The Labute approximate surface area is 84.8 Å². The summed E-state index contributed by atoms with van der Waals surface area (Å²) in [6, 6.07) is 4.60. The van der Waals surface area contributed by atoms with E-state index < -0.39 is 6.61 Å². The molecule has 14 heavy (non-hydrogen) atoms. The Kier molecular flexibility index (Phi) is 3.91. The fourth-order valence-electron chi connectivity index (χ4n) is 0.963. The lowest BCUT2D eigenvalue weighted by atomic mass is 10.2. The van der Waals surface area contributed by atoms with Crippen LogP contribution in [0, 0.1) is 0 Å². The van der Waals surface area contributed by atoms with E-state index in [-0.39, 0.29) is 11.6 Å². The number of nitrogens with one attached hydrogen (secondary N) is 1. The molecule has 0 aliphatic carbocycles. The molecule has 0 spiro atoms. The highest BCUT2D eigenvalue weighted by molar-refractivity contribution is 6.17. The van der Waals surface area contributed by atoms with Crippen molar-refractivity contribution in [2.45, 2.75) is 12.5 Å². The lowest BCUT2D eigenvalue weighted by Gasteiger charge is -2.10. The summed E-state index contributed by atoms with van der Waals surface area (Å²) in [6.45, 7) is -2.88. The van der Waals surface area contributed by atoms with Crippen LogP contribution < -0.4 is 16.0 Å². The number of hydrazine groups is 1. The maximum atomic E-state index is 11.9. The Hall–Kier alpha value is -1.07. The van der Waals surface area contributed by atoms with Crippen molar-refractivity contribution < 1.29 is 13.5 Å². The average Bonchev–Trinajstić information content (AvgIpc) is 2.16. The van der Waals surface area contributed by atoms with Crippen LogP contribution >= 0.6 is 11.6 Å². The summed E-state index contributed by atoms with van der Waals surface area (Å²) < 4.78 is 28.1. The van der Waals surface area contributed by atoms with Crippen molar-refractivity contribution in [3.8, 4) is 5.75 Å². The minimum atomic E-state index is -2.88. The topological polar surface area (TPSA) is 47.3 Å². The van der Waals surface area contributed by atoms with Gasteiger partial charge in [0.25, 0.3) is 0 Å². The fourth-order valence-corrected chi connectivity index (χ4v) is 1.13. The van der Waals surface area contributed by atoms with Crippen molar-refractivity contribution in [3.05, 3.63) is 23.8 Å². The third-order valence-corrected chi connectivity index (χ3v) is 1.88. The van der Waals surface area contributed by atoms with Crippen LogP contribution in [0.25, 0.3) is 0 Å². The molecule has 1 aromatic carbocycles. The zero-order valence-electron chi connectivity index (χ0n) is 7.14. The second-order valence-electron chi connectivity index (χ2n) is 2.49. The van der Waals surface area contributed by atoms with Gasteiger partial charge in [0.05, 0.1) is 5.69 Å². The van der Waals surface area contributed by atoms with Gasteiger partial charge in [0.15, 0.2) is 5.75 Å². The van der Waals surface area contributed by atoms with Crippen molar-refractivity contribution in [1.29, 1.82) is 0 Å². The highest BCUT2D eigenvalue weighted by Gasteiger charge is 2.09. The van der Waals surface area contributed by atoms with E-state index in [1.165, 1.54) is 12.1 Å². The first-order valence-electron chi connectivity index (χ1n) is 3.77. The highest BCUT2D eigenvalue weighted by Crippen LogP contribution is 2.27. The Morgan fingerprint density at radius 2 is 2.21 bits per heavy atom. The summed E-state index contributed by atoms with van der Waals surface area (Å²) in [5, 5.41) is 0. The summed E-state index contributed by atoms with van der Waals surface area (Å²) in [6.07, 6.45) is 0. The van der Waals surface area contributed by atoms with Crippen molar-refractivity contribution in [3.63, 3.8) is 0 Å². The monoisotopic (exact) mass is 222 g/mol. The fraction of sp³-hybridized carbons (Fsp3) is 0.250. The van der Waals surface area contributed by atoms with Crippen LogP contribution in [0.3, 0.4) is 0 Å². The molecular formula is C8H9ClF2N2O. The van der Waals surface area contributed by atoms with Gasteiger partial charge in [-0.25, -0.2) is 0 Å². The van der Waals surface area contributed by atoms with E-state index in [2.05, 4.69) is 10.2 Å². The molecule has 0 saturated carbocycles. The summed E-state index contributed by atoms with van der Waals surface area (Å²) in [5.74, 6) is 5.32. The van der Waals surface area contributed by atoms with Gasteiger partial charge in [-0.05, 0) is 17.7 Å². The second kappa shape index (κ2) is 4.97. The first-order valence-corrected chi connectivity index (χ1v) is 4.31. The number of nitrogen functional groups attached to an aromatic ring is 1. The Bertz CT molecular complexity index is 309. The van der Waals surface area contributed by atoms with Gasteiger partial charge < -0.3 is 10.2 Å². The van der Waals surface area contributed by atoms with Crippen LogP contribution in [-0.4, -0.2) is 6.61 Å². The van der Waals surface area contributed by atoms with Crippen molar-refractivity contribution in [1.82, 2.24) is 0 Å². The molecule has 0 bridgehead atoms. The smallest absolute Gasteiger partial charge is 0.387 e. The highest BCUT2D eigenvalue weighted by atomic mass is 35.5. The van der Waals surface area contributed by atoms with Gasteiger partial charge in [-0.15, -0.1) is 11.6 Å². The van der Waals surface area contributed by atoms with Crippen molar-refractivity contribution in [2.24, 2.45) is 5.84 Å². The van der Waals surface area contributed by atoms with Gasteiger partial charge in [-0.2, -0.15) is 8.78 Å². The molecule has 1 rings (SSSR count). The summed E-state index contributed by atoms with van der Waals surface area (Å²) >= 11 is 5.54. The summed E-state index contributed by atoms with van der Waals surface area (Å²) in [5.41, 5.74) is 3.22. The number of nitrogens with two attached hydrogens (primary N) is 1. The summed E-state index contributed by atoms with van der Waals surface area (Å²) in [7, 11) is 0. The number of halogens is 3. The molecule has 0 fully saturated rings. The van der Waals surface area contributed by atoms with Gasteiger partial charge in [0.1, 0.15) is 0 Å². The van der Waals surface area contributed by atoms with Crippen LogP contribution in [0.4, 0.5) is 14.5 Å². The first kappa shape index (κ1) is 11.0. The summed E-state index contributed by atoms with van der Waals surface area (Å²) in [4.78, 5) is 0. The van der Waals surface area contributed by atoms with Gasteiger partial charge in [0.2, 0.25) is 0 Å². The van der Waals surface area contributed by atoms with Gasteiger partial charge in [0, 0.05) is 5.88 Å². The molecule has 0 amide bonds. The van der Waals surface area contributed by atoms with Crippen molar-refractivity contribution >= 4 is 17.3 Å². The van der Waals surface area contributed by atoms with E-state index in [9.17, 15) is 8.78 Å². The number of rotatable bonds is 4. The quantitative estimate of drug-likeness (QED) is 0.467. The van der Waals surface area contributed by atoms with E-state index in [1.54, 1.807) is 6.07 Å². The molecule has 0 aromatic heterocycles. The number of anilines is 1. The molecule has 0 aliphatic rings. The first-order chi connectivity index (χ1) is 6.67. The molecule has 0 unspecified atom stereocenters. The Morgan fingerprint density at radius 3 is 2.71 bits per heavy atom.